The van der Waals surface area contributed by atoms with Gasteiger partial charge in [-0.1, -0.05) is 38.5 Å². The average molecular weight is 858 g/mol. The van der Waals surface area contributed by atoms with E-state index in [1.807, 2.05) is 20.8 Å². The number of rotatable bonds is 38. The molecule has 0 heterocycles. The number of amides is 3. The number of hydrogen-bond acceptors (Lipinski definition) is 12. The van der Waals surface area contributed by atoms with Crippen LogP contribution in [0.2, 0.25) is 0 Å². The van der Waals surface area contributed by atoms with Gasteiger partial charge in [-0.15, -0.1) is 19.3 Å². The Morgan fingerprint density at radius 1 is 0.569 bits per heavy atom. The summed E-state index contributed by atoms with van der Waals surface area (Å²) >= 11 is 5.30. The molecule has 4 N–H and O–H groups in total. The second-order valence-corrected chi connectivity index (χ2v) is 18.4. The lowest BCUT2D eigenvalue weighted by atomic mass is 9.82. The molecule has 17 heteroatoms. The number of ketones is 1. The Morgan fingerprint density at radius 2 is 1.02 bits per heavy atom. The van der Waals surface area contributed by atoms with Crippen molar-refractivity contribution in [3.05, 3.63) is 0 Å². The van der Waals surface area contributed by atoms with Crippen LogP contribution >= 0.6 is 6.49 Å². The van der Waals surface area contributed by atoms with Gasteiger partial charge in [0, 0.05) is 62.5 Å². The zero-order valence-electron chi connectivity index (χ0n) is 34.9. The number of unbranched alkanes of at least 4 members (excludes halogenated alkanes) is 1. The summed E-state index contributed by atoms with van der Waals surface area (Å²) < 4.78 is 37.6. The summed E-state index contributed by atoms with van der Waals surface area (Å²) in [5.41, 5.74) is -1.06. The van der Waals surface area contributed by atoms with Crippen LogP contribution in [0.5, 0.6) is 0 Å². The highest BCUT2D eigenvalue weighted by Gasteiger charge is 2.34. The largest absolute Gasteiger partial charge is 0.379 e. The van der Waals surface area contributed by atoms with Crippen molar-refractivity contribution in [3.8, 4) is 37.0 Å². The van der Waals surface area contributed by atoms with Crippen molar-refractivity contribution in [2.45, 2.75) is 102 Å². The molecule has 0 aliphatic rings. The van der Waals surface area contributed by atoms with Gasteiger partial charge in [0.05, 0.1) is 59.5 Å². The normalized spacial score (nSPS) is 12.4. The van der Waals surface area contributed by atoms with Crippen LogP contribution < -0.4 is 16.0 Å². The molecule has 0 saturated carbocycles. The minimum absolute atomic E-state index is 0.0221. The summed E-state index contributed by atoms with van der Waals surface area (Å²) in [4.78, 5) is 63.2. The number of Topliss-reactive ketones (excluding diaryl/α,β-unsaturated/α-hetero) is 1. The zero-order chi connectivity index (χ0) is 43.4. The molecule has 15 nitrogen and oxygen atoms in total. The molecular formula is C41H68N3O12PS. The molecule has 0 aromatic heterocycles. The predicted molar refractivity (Wildman–Crippen MR) is 226 cm³/mol. The third-order valence-electron chi connectivity index (χ3n) is 8.41. The van der Waals surface area contributed by atoms with Gasteiger partial charge in [0.25, 0.3) is 0 Å². The summed E-state index contributed by atoms with van der Waals surface area (Å²) in [6.45, 7) is 6.62. The highest BCUT2D eigenvalue weighted by Crippen LogP contribution is 2.55. The minimum atomic E-state index is -3.02. The summed E-state index contributed by atoms with van der Waals surface area (Å²) in [5.74, 6) is 6.24. The fourth-order valence-electron chi connectivity index (χ4n) is 5.03. The number of hydrogen-bond donors (Lipinski definition) is 4. The second kappa shape index (κ2) is 34.9. The van der Waals surface area contributed by atoms with E-state index >= 15 is 0 Å². The Labute approximate surface area is 352 Å². The first-order valence-corrected chi connectivity index (χ1v) is 22.5. The van der Waals surface area contributed by atoms with Crippen molar-refractivity contribution in [1.29, 1.82) is 0 Å². The lowest BCUT2D eigenvalue weighted by molar-refractivity contribution is -0.127. The third kappa shape index (κ3) is 31.1. The molecule has 0 aromatic carbocycles. The molecule has 1 atom stereocenters. The summed E-state index contributed by atoms with van der Waals surface area (Å²) in [6, 6.07) is 0. The quantitative estimate of drug-likeness (QED) is 0.0404. The summed E-state index contributed by atoms with van der Waals surface area (Å²) in [7, 11) is 0. The van der Waals surface area contributed by atoms with Crippen LogP contribution in [0.4, 0.5) is 0 Å². The van der Waals surface area contributed by atoms with Crippen molar-refractivity contribution in [3.63, 3.8) is 0 Å². The van der Waals surface area contributed by atoms with Crippen LogP contribution in [0.15, 0.2) is 0 Å². The fraction of sp³-hybridized carbons (Fsp3) is 0.756. The Hall–Kier alpha value is -2.91. The molecule has 0 aliphatic heterocycles. The molecule has 0 fully saturated rings. The molecule has 0 saturated heterocycles. The molecule has 1 unspecified atom stereocenters. The summed E-state index contributed by atoms with van der Waals surface area (Å²) in [6.07, 6.45) is 18.0. The number of carbonyl (C=O) groups is 4. The Morgan fingerprint density at radius 3 is 1.48 bits per heavy atom. The van der Waals surface area contributed by atoms with Gasteiger partial charge < -0.3 is 53.8 Å². The number of terminal acetylenes is 3. The van der Waals surface area contributed by atoms with Crippen molar-refractivity contribution in [1.82, 2.24) is 16.0 Å². The molecule has 330 valence electrons. The standard InChI is InChI=1S/C41H68N3O12PS/c1-7-23-50-30-33-53-26-12-13-36(45)15-18-41(19-16-37(46)42-21-28-54-34-31-51-24-8-2,20-17-38(47)43-22-29-55-35-32-52-25-9-3)44-39(48)14-10-11-27-56-57(49,58)40(4,5)6/h1-3H,10-35H2,4-6H3,(H,42,46)(H,43,47)(H,44,48)(H,49,58). The molecule has 0 aliphatic carbocycles. The molecule has 0 spiro atoms. The van der Waals surface area contributed by atoms with E-state index in [1.54, 1.807) is 0 Å². The van der Waals surface area contributed by atoms with Gasteiger partial charge in [-0.3, -0.25) is 19.2 Å². The van der Waals surface area contributed by atoms with E-state index in [1.165, 1.54) is 0 Å². The molecule has 0 rings (SSSR count). The van der Waals surface area contributed by atoms with Crippen molar-refractivity contribution in [2.24, 2.45) is 0 Å². The van der Waals surface area contributed by atoms with E-state index < -0.39 is 17.2 Å². The maximum atomic E-state index is 13.5. The predicted octanol–water partition coefficient (Wildman–Crippen LogP) is 3.05. The highest BCUT2D eigenvalue weighted by molar-refractivity contribution is 8.10. The zero-order valence-corrected chi connectivity index (χ0v) is 36.6. The molecule has 0 bridgehead atoms. The van der Waals surface area contributed by atoms with Gasteiger partial charge in [-0.2, -0.15) is 0 Å². The van der Waals surface area contributed by atoms with Gasteiger partial charge in [-0.25, -0.2) is 0 Å². The smallest absolute Gasteiger partial charge is 0.220 e. The Balaban J connectivity index is 5.67. The number of nitrogens with one attached hydrogen (secondary N) is 3. The third-order valence-corrected chi connectivity index (χ3v) is 12.6. The van der Waals surface area contributed by atoms with Crippen LogP contribution in [0.1, 0.15) is 91.4 Å². The van der Waals surface area contributed by atoms with Crippen LogP contribution in [-0.2, 0) is 63.9 Å². The number of ether oxygens (including phenoxy) is 6. The topological polar surface area (TPSA) is 189 Å². The molecular weight excluding hydrogens is 790 g/mol. The van der Waals surface area contributed by atoms with Crippen LogP contribution in [0, 0.1) is 37.0 Å². The van der Waals surface area contributed by atoms with Gasteiger partial charge in [0.1, 0.15) is 25.6 Å². The lowest BCUT2D eigenvalue weighted by Gasteiger charge is -2.35. The average Bonchev–Trinajstić information content (AvgIpc) is 3.17. The van der Waals surface area contributed by atoms with Gasteiger partial charge in [0.15, 0.2) is 6.49 Å². The van der Waals surface area contributed by atoms with Crippen LogP contribution in [0.25, 0.3) is 0 Å². The summed E-state index contributed by atoms with van der Waals surface area (Å²) in [5, 5.41) is 8.19. The van der Waals surface area contributed by atoms with E-state index in [4.69, 9.17) is 64.0 Å². The van der Waals surface area contributed by atoms with E-state index in [-0.39, 0.29) is 128 Å². The molecule has 3 amide bonds. The first-order valence-electron chi connectivity index (χ1n) is 19.8. The first-order chi connectivity index (χ1) is 27.7. The van der Waals surface area contributed by atoms with E-state index in [2.05, 4.69) is 33.7 Å². The fourth-order valence-corrected chi connectivity index (χ4v) is 6.01. The van der Waals surface area contributed by atoms with E-state index in [0.29, 0.717) is 65.5 Å². The van der Waals surface area contributed by atoms with Gasteiger partial charge in [-0.05, 0) is 50.3 Å². The highest BCUT2D eigenvalue weighted by atomic mass is 32.5. The maximum absolute atomic E-state index is 13.5. The first kappa shape index (κ1) is 55.1. The van der Waals surface area contributed by atoms with E-state index in [0.717, 1.165) is 0 Å². The van der Waals surface area contributed by atoms with Crippen molar-refractivity contribution in [2.75, 3.05) is 99.0 Å². The SMILES string of the molecule is C#CCOCCOCCCC(=O)CCC(CCC(=O)NCCOCCOCC#C)(CCC(=O)NCCOCCOCC#C)NC(=O)CCCCOP(O)(=S)C(C)(C)C. The minimum Gasteiger partial charge on any atom is -0.379 e. The Bertz CT molecular complexity index is 1230. The molecule has 0 aromatic rings. The maximum Gasteiger partial charge on any atom is 0.220 e. The van der Waals surface area contributed by atoms with Crippen molar-refractivity contribution < 1.29 is 57.0 Å². The Kier molecular flexibility index (Phi) is 33.2. The van der Waals surface area contributed by atoms with Gasteiger partial charge in [0.2, 0.25) is 17.7 Å². The lowest BCUT2D eigenvalue weighted by Crippen LogP contribution is -2.50. The van der Waals surface area contributed by atoms with Crippen LogP contribution in [0.3, 0.4) is 0 Å². The second-order valence-electron chi connectivity index (χ2n) is 14.3. The molecule has 58 heavy (non-hydrogen) atoms. The monoisotopic (exact) mass is 857 g/mol. The van der Waals surface area contributed by atoms with E-state index in [9.17, 15) is 24.1 Å². The number of carbonyl (C=O) groups excluding carboxylic acids is 4. The van der Waals surface area contributed by atoms with Crippen LogP contribution in [-0.4, -0.2) is 138 Å². The molecule has 0 radical (unpaired) electrons. The van der Waals surface area contributed by atoms with Crippen molar-refractivity contribution >= 4 is 41.8 Å². The van der Waals surface area contributed by atoms with Gasteiger partial charge >= 0.3 is 0 Å².